The Kier molecular flexibility index (Phi) is 25.4. The van der Waals surface area contributed by atoms with Crippen LogP contribution in [0.3, 0.4) is 0 Å². The molecule has 0 aliphatic heterocycles. The second-order valence-corrected chi connectivity index (χ2v) is 25.0. The molecule has 0 saturated carbocycles. The van der Waals surface area contributed by atoms with Crippen LogP contribution < -0.4 is 41.0 Å². The highest BCUT2D eigenvalue weighted by Crippen LogP contribution is 2.40. The number of aryl methyl sites for hydroxylation is 5. The van der Waals surface area contributed by atoms with E-state index in [0.717, 1.165) is 46.4 Å². The number of amides is 4. The van der Waals surface area contributed by atoms with E-state index in [2.05, 4.69) is 123 Å². The number of nitrogens with one attached hydrogen (secondary N) is 5. The van der Waals surface area contributed by atoms with Crippen LogP contribution in [-0.2, 0) is 33.0 Å². The van der Waals surface area contributed by atoms with Crippen molar-refractivity contribution < 1.29 is 51.7 Å². The number of ketones is 1. The molecule has 15 nitrogen and oxygen atoms in total. The molecule has 0 radical (unpaired) electrons. The molecular weight excluding hydrogens is 1210 g/mol. The molecule has 1 aromatic heterocycles. The molecule has 7 aromatic carbocycles. The van der Waals surface area contributed by atoms with Crippen molar-refractivity contribution in [1.29, 1.82) is 0 Å². The summed E-state index contributed by atoms with van der Waals surface area (Å²) in [6, 6.07) is 39.5. The molecule has 0 aliphatic carbocycles. The first-order chi connectivity index (χ1) is 43.9. The predicted molar refractivity (Wildman–Crippen MR) is 365 cm³/mol. The minimum absolute atomic E-state index is 0.0594. The van der Waals surface area contributed by atoms with E-state index < -0.39 is 35.8 Å². The van der Waals surface area contributed by atoms with Crippen molar-refractivity contribution >= 4 is 63.3 Å². The Morgan fingerprint density at radius 1 is 0.677 bits per heavy atom. The highest BCUT2D eigenvalue weighted by atomic mass is 35.5. The molecule has 8 aromatic rings. The average molecular weight is 1290 g/mol. The lowest BCUT2D eigenvalue weighted by Gasteiger charge is -2.30. The van der Waals surface area contributed by atoms with Crippen LogP contribution in [0.1, 0.15) is 146 Å². The number of nitrogens with zero attached hydrogens (tertiary/aromatic N) is 2. The Hall–Kier alpha value is -9.16. The normalized spacial score (nSPS) is 11.7. The third-order valence-corrected chi connectivity index (χ3v) is 16.7. The van der Waals surface area contributed by atoms with E-state index >= 15 is 0 Å². The SMILES string of the molecule is CCC(C)(C)c1ccc(OCCCNC(=O)NNc2nc(C(F)(F)F)nc3ccccc23)c(C(C)(C)CC)c1.COc1ccc(C)cc1NC(=O)C(Oc1ccc(C)cc1)C(=O)c1ccccc1.Cc1cc(C)c(Cc2cc(NC(=O)C(C)C)c(O)c(Cl)c2C)c(C)c1. The number of phenolic OH excluding ortho intramolecular Hbond substituents is 1. The number of hydrazine groups is 1. The number of alkyl halides is 3. The number of halogens is 4. The third kappa shape index (κ3) is 19.9. The first-order valence-corrected chi connectivity index (χ1v) is 31.3. The van der Waals surface area contributed by atoms with Crippen molar-refractivity contribution in [1.82, 2.24) is 20.7 Å². The van der Waals surface area contributed by atoms with Crippen LogP contribution in [0.2, 0.25) is 5.02 Å². The maximum absolute atomic E-state index is 13.2. The summed E-state index contributed by atoms with van der Waals surface area (Å²) in [6.07, 6.45) is -2.84. The molecule has 0 aliphatic rings. The van der Waals surface area contributed by atoms with Crippen molar-refractivity contribution in [3.05, 3.63) is 206 Å². The topological polar surface area (TPSA) is 202 Å². The summed E-state index contributed by atoms with van der Waals surface area (Å²) < 4.78 is 56.8. The number of aromatic hydroxyl groups is 1. The van der Waals surface area contributed by atoms with Crippen molar-refractivity contribution in [2.75, 3.05) is 36.3 Å². The number of ether oxygens (including phenoxy) is 3. The number of rotatable bonds is 22. The van der Waals surface area contributed by atoms with Crippen LogP contribution in [-0.4, -0.2) is 65.1 Å². The summed E-state index contributed by atoms with van der Waals surface area (Å²) in [6.45, 7) is 29.6. The van der Waals surface area contributed by atoms with Gasteiger partial charge in [-0.1, -0.05) is 163 Å². The quantitative estimate of drug-likeness (QED) is 0.0124. The van der Waals surface area contributed by atoms with E-state index in [9.17, 15) is 37.5 Å². The average Bonchev–Trinajstić information content (AvgIpc) is 0.822. The molecule has 0 bridgehead atoms. The first-order valence-electron chi connectivity index (χ1n) is 31.0. The van der Waals surface area contributed by atoms with Gasteiger partial charge < -0.3 is 35.3 Å². The number of hydrogen-bond acceptors (Lipinski definition) is 11. The van der Waals surface area contributed by atoms with Gasteiger partial charge in [0.1, 0.15) is 17.2 Å². The third-order valence-electron chi connectivity index (χ3n) is 16.3. The highest BCUT2D eigenvalue weighted by Gasteiger charge is 2.36. The smallest absolute Gasteiger partial charge is 0.451 e. The van der Waals surface area contributed by atoms with E-state index in [1.165, 1.54) is 41.0 Å². The Bertz CT molecular complexity index is 3890. The summed E-state index contributed by atoms with van der Waals surface area (Å²) in [4.78, 5) is 57.5. The van der Waals surface area contributed by atoms with Crippen LogP contribution in [0.25, 0.3) is 10.9 Å². The molecule has 1 unspecified atom stereocenters. The fourth-order valence-electron chi connectivity index (χ4n) is 9.79. The monoisotopic (exact) mass is 1290 g/mol. The van der Waals surface area contributed by atoms with Crippen molar-refractivity contribution in [2.24, 2.45) is 5.92 Å². The molecule has 8 rings (SSSR count). The molecule has 19 heteroatoms. The molecule has 6 N–H and O–H groups in total. The Labute approximate surface area is 549 Å². The van der Waals surface area contributed by atoms with Gasteiger partial charge in [-0.15, -0.1) is 0 Å². The molecule has 0 fully saturated rings. The second kappa shape index (κ2) is 32.4. The van der Waals surface area contributed by atoms with Crippen LogP contribution in [0.4, 0.5) is 35.2 Å². The second-order valence-electron chi connectivity index (χ2n) is 24.6. The number of fused-ring (bicyclic) bond motifs is 1. The van der Waals surface area contributed by atoms with E-state index in [0.29, 0.717) is 64.8 Å². The number of phenols is 1. The summed E-state index contributed by atoms with van der Waals surface area (Å²) in [5.41, 5.74) is 17.4. The van der Waals surface area contributed by atoms with Gasteiger partial charge in [0.05, 0.1) is 35.6 Å². The molecule has 1 heterocycles. The Balaban J connectivity index is 0.000000228. The number of aromatic nitrogens is 2. The number of para-hydroxylation sites is 1. The molecule has 4 amide bonds. The molecule has 0 saturated heterocycles. The number of carbonyl (C=O) groups excluding carboxylic acids is 4. The van der Waals surface area contributed by atoms with E-state index in [1.807, 2.05) is 71.0 Å². The van der Waals surface area contributed by atoms with E-state index in [1.54, 1.807) is 66.7 Å². The minimum Gasteiger partial charge on any atom is -0.504 e. The van der Waals surface area contributed by atoms with Gasteiger partial charge in [-0.3, -0.25) is 25.2 Å². The first kappa shape index (κ1) is 72.9. The number of urea groups is 1. The number of hydrogen-bond donors (Lipinski definition) is 6. The zero-order chi connectivity index (χ0) is 68.5. The number of benzene rings is 7. The van der Waals surface area contributed by atoms with Crippen molar-refractivity contribution in [3.63, 3.8) is 0 Å². The van der Waals surface area contributed by atoms with Crippen molar-refractivity contribution in [2.45, 2.75) is 146 Å². The van der Waals surface area contributed by atoms with Gasteiger partial charge >= 0.3 is 12.2 Å². The van der Waals surface area contributed by atoms with Crippen LogP contribution in [0, 0.1) is 47.5 Å². The Morgan fingerprint density at radius 2 is 1.29 bits per heavy atom. The Morgan fingerprint density at radius 3 is 1.91 bits per heavy atom. The zero-order valence-electron chi connectivity index (χ0n) is 55.8. The molecule has 1 atom stereocenters. The lowest BCUT2D eigenvalue weighted by molar-refractivity contribution is -0.144. The van der Waals surface area contributed by atoms with Gasteiger partial charge in [-0.2, -0.15) is 13.2 Å². The minimum atomic E-state index is -4.72. The molecular formula is C74H87ClF3N7O8. The van der Waals surface area contributed by atoms with Crippen LogP contribution in [0.5, 0.6) is 23.0 Å². The molecule has 0 spiro atoms. The number of Topliss-reactive ketones (excluding diaryl/α,β-unsaturated/α-hetero) is 1. The van der Waals surface area contributed by atoms with Gasteiger partial charge in [0.2, 0.25) is 23.6 Å². The summed E-state index contributed by atoms with van der Waals surface area (Å²) in [5, 5.41) is 19.1. The van der Waals surface area contributed by atoms with Crippen molar-refractivity contribution in [3.8, 4) is 23.0 Å². The summed E-state index contributed by atoms with van der Waals surface area (Å²) >= 11 is 6.32. The van der Waals surface area contributed by atoms with Gasteiger partial charge in [0.15, 0.2) is 11.6 Å². The number of anilines is 3. The zero-order valence-corrected chi connectivity index (χ0v) is 56.6. The summed E-state index contributed by atoms with van der Waals surface area (Å²) in [5.74, 6) is -1.05. The van der Waals surface area contributed by atoms with Crippen LogP contribution >= 0.6 is 11.6 Å². The van der Waals surface area contributed by atoms with Crippen LogP contribution in [0.15, 0.2) is 133 Å². The number of methoxy groups -OCH3 is 1. The van der Waals surface area contributed by atoms with Gasteiger partial charge in [-0.25, -0.2) is 14.8 Å². The van der Waals surface area contributed by atoms with Gasteiger partial charge in [-0.05, 0) is 166 Å². The van der Waals surface area contributed by atoms with Gasteiger partial charge in [0.25, 0.3) is 5.91 Å². The lowest BCUT2D eigenvalue weighted by Crippen LogP contribution is -2.40. The highest BCUT2D eigenvalue weighted by molar-refractivity contribution is 6.33. The molecule has 93 heavy (non-hydrogen) atoms. The standard InChI is InChI=1S/C29H38F3N5O2.C24H23NO4.C21H26ClNO2/c1-7-27(3,4)19-14-15-23(21(18-19)28(5,6)8-2)39-17-11-16-33-26(38)37-36-24-20-12-9-10-13-22(20)34-25(35-24)29(30,31)32;1-16-9-12-19(13-10-16)29-23(22(26)18-7-5-4-6-8-18)24(27)25-20-15-17(2)11-14-21(20)28-3;1-11(2)21(25)23-18-10-16(15(6)19(22)20(18)24)9-17-13(4)7-12(3)8-14(17)5/h9-10,12-15,18H,7-8,11,16-17H2,1-6H3,(H2,33,37,38)(H,34,35,36);4-15,23H,1-3H3,(H,25,27);7-8,10-11,24H,9H2,1-6H3,(H,23,25). The fraction of sp³-hybridized carbons (Fsp3) is 0.351. The maximum atomic E-state index is 13.2. The number of carbonyl (C=O) groups is 4. The van der Waals surface area contributed by atoms with E-state index in [-0.39, 0.29) is 39.7 Å². The predicted octanol–water partition coefficient (Wildman–Crippen LogP) is 17.2. The van der Waals surface area contributed by atoms with Gasteiger partial charge in [0, 0.05) is 29.0 Å². The lowest BCUT2D eigenvalue weighted by atomic mass is 9.76. The maximum Gasteiger partial charge on any atom is 0.451 e. The summed E-state index contributed by atoms with van der Waals surface area (Å²) in [7, 11) is 1.52. The largest absolute Gasteiger partial charge is 0.504 e. The fourth-order valence-corrected chi connectivity index (χ4v) is 10.0. The molecule has 494 valence electrons. The van der Waals surface area contributed by atoms with E-state index in [4.69, 9.17) is 25.8 Å².